The highest BCUT2D eigenvalue weighted by Gasteiger charge is 2.42. The highest BCUT2D eigenvalue weighted by Crippen LogP contribution is 2.33. The molecule has 3 unspecified atom stereocenters. The number of urea groups is 1. The van der Waals surface area contributed by atoms with E-state index in [1.54, 1.807) is 0 Å². The number of hydrogen-bond acceptors (Lipinski definition) is 2. The molecule has 0 aromatic rings. The van der Waals surface area contributed by atoms with Crippen molar-refractivity contribution in [1.82, 2.24) is 10.6 Å². The third kappa shape index (κ3) is 3.54. The smallest absolute Gasteiger partial charge is 0.315 e. The monoisotopic (exact) mass is 256 g/mol. The molecular weight excluding hydrogens is 232 g/mol. The number of nitrogens with one attached hydrogen (secondary N) is 2. The SMILES string of the molecule is CC(C)(C)CCCCC1SCC2NC(=O)NC21. The van der Waals surface area contributed by atoms with Gasteiger partial charge in [0.25, 0.3) is 0 Å². The van der Waals surface area contributed by atoms with Crippen LogP contribution >= 0.6 is 11.8 Å². The minimum atomic E-state index is 0.0278. The summed E-state index contributed by atoms with van der Waals surface area (Å²) >= 11 is 2.02. The van der Waals surface area contributed by atoms with Crippen LogP contribution < -0.4 is 10.6 Å². The molecule has 2 heterocycles. The summed E-state index contributed by atoms with van der Waals surface area (Å²) in [5.41, 5.74) is 0.453. The van der Waals surface area contributed by atoms with E-state index in [2.05, 4.69) is 31.4 Å². The van der Waals surface area contributed by atoms with Crippen molar-refractivity contribution in [2.45, 2.75) is 63.8 Å². The van der Waals surface area contributed by atoms with E-state index in [-0.39, 0.29) is 6.03 Å². The lowest BCUT2D eigenvalue weighted by Gasteiger charge is -2.20. The molecule has 2 aliphatic rings. The lowest BCUT2D eigenvalue weighted by Crippen LogP contribution is -2.36. The van der Waals surface area contributed by atoms with Gasteiger partial charge in [0.1, 0.15) is 0 Å². The molecule has 2 rings (SSSR count). The average molecular weight is 256 g/mol. The van der Waals surface area contributed by atoms with Gasteiger partial charge in [0, 0.05) is 11.0 Å². The quantitative estimate of drug-likeness (QED) is 0.600. The standard InChI is InChI=1S/C13H24N2OS/c1-13(2,3)7-5-4-6-10-11-9(8-17-10)14-12(16)15-11/h9-11H,4-8H2,1-3H3,(H2,14,15,16). The topological polar surface area (TPSA) is 41.1 Å². The van der Waals surface area contributed by atoms with Gasteiger partial charge in [0.05, 0.1) is 12.1 Å². The number of hydrogen-bond donors (Lipinski definition) is 2. The Morgan fingerprint density at radius 2 is 2.06 bits per heavy atom. The second-order valence-electron chi connectivity index (χ2n) is 6.43. The normalized spacial score (nSPS) is 32.2. The van der Waals surface area contributed by atoms with Gasteiger partial charge in [-0.05, 0) is 18.3 Å². The Labute approximate surface area is 108 Å². The number of fused-ring (bicyclic) bond motifs is 1. The zero-order valence-electron chi connectivity index (χ0n) is 11.1. The molecule has 0 spiro atoms. The second-order valence-corrected chi connectivity index (χ2v) is 7.70. The molecule has 2 amide bonds. The van der Waals surface area contributed by atoms with E-state index >= 15 is 0 Å². The van der Waals surface area contributed by atoms with Crippen molar-refractivity contribution in [2.24, 2.45) is 5.41 Å². The molecule has 0 aliphatic carbocycles. The van der Waals surface area contributed by atoms with Gasteiger partial charge in [-0.15, -0.1) is 0 Å². The van der Waals surface area contributed by atoms with Crippen LogP contribution in [0.5, 0.6) is 0 Å². The summed E-state index contributed by atoms with van der Waals surface area (Å²) in [5.74, 6) is 1.08. The maximum absolute atomic E-state index is 11.2. The Morgan fingerprint density at radius 1 is 1.29 bits per heavy atom. The molecular formula is C13H24N2OS. The summed E-state index contributed by atoms with van der Waals surface area (Å²) in [5, 5.41) is 6.67. The van der Waals surface area contributed by atoms with E-state index in [4.69, 9.17) is 0 Å². The minimum absolute atomic E-state index is 0.0278. The highest BCUT2D eigenvalue weighted by molar-refractivity contribution is 8.00. The average Bonchev–Trinajstić information content (AvgIpc) is 2.71. The van der Waals surface area contributed by atoms with E-state index in [9.17, 15) is 4.79 Å². The molecule has 2 saturated heterocycles. The Hall–Kier alpha value is -0.380. The summed E-state index contributed by atoms with van der Waals surface area (Å²) in [6.07, 6.45) is 5.13. The van der Waals surface area contributed by atoms with E-state index in [1.165, 1.54) is 25.7 Å². The molecule has 0 bridgehead atoms. The number of rotatable bonds is 4. The van der Waals surface area contributed by atoms with Crippen molar-refractivity contribution in [3.63, 3.8) is 0 Å². The lowest BCUT2D eigenvalue weighted by atomic mass is 9.89. The third-order valence-corrected chi connectivity index (χ3v) is 5.11. The summed E-state index contributed by atoms with van der Waals surface area (Å²) < 4.78 is 0. The van der Waals surface area contributed by atoms with E-state index in [0.717, 1.165) is 5.75 Å². The summed E-state index contributed by atoms with van der Waals surface area (Å²) in [4.78, 5) is 11.2. The maximum Gasteiger partial charge on any atom is 0.315 e. The first-order valence-corrected chi connectivity index (χ1v) is 7.69. The fourth-order valence-corrected chi connectivity index (χ4v) is 4.19. The minimum Gasteiger partial charge on any atom is -0.332 e. The number of thioether (sulfide) groups is 1. The maximum atomic E-state index is 11.2. The van der Waals surface area contributed by atoms with Crippen molar-refractivity contribution in [2.75, 3.05) is 5.75 Å². The van der Waals surface area contributed by atoms with Gasteiger partial charge in [-0.1, -0.05) is 33.6 Å². The predicted octanol–water partition coefficient (Wildman–Crippen LogP) is 2.76. The van der Waals surface area contributed by atoms with Crippen molar-refractivity contribution in [3.05, 3.63) is 0 Å². The van der Waals surface area contributed by atoms with Gasteiger partial charge >= 0.3 is 6.03 Å². The van der Waals surface area contributed by atoms with Crippen molar-refractivity contribution >= 4 is 17.8 Å². The second kappa shape index (κ2) is 5.09. The molecule has 2 N–H and O–H groups in total. The first kappa shape index (κ1) is 13.1. The van der Waals surface area contributed by atoms with Gasteiger partial charge in [-0.3, -0.25) is 0 Å². The molecule has 0 radical (unpaired) electrons. The van der Waals surface area contributed by atoms with Crippen LogP contribution in [0.4, 0.5) is 4.79 Å². The Bertz CT molecular complexity index is 288. The molecule has 3 nitrogen and oxygen atoms in total. The number of carbonyl (C=O) groups excluding carboxylic acids is 1. The highest BCUT2D eigenvalue weighted by atomic mass is 32.2. The Kier molecular flexibility index (Phi) is 3.91. The van der Waals surface area contributed by atoms with Crippen LogP contribution in [0.2, 0.25) is 0 Å². The van der Waals surface area contributed by atoms with E-state index in [1.807, 2.05) is 11.8 Å². The summed E-state index contributed by atoms with van der Waals surface area (Å²) in [6.45, 7) is 6.90. The van der Waals surface area contributed by atoms with Crippen LogP contribution in [0.25, 0.3) is 0 Å². The fourth-order valence-electron chi connectivity index (χ4n) is 2.64. The molecule has 0 aromatic carbocycles. The number of unbranched alkanes of at least 4 members (excludes halogenated alkanes) is 1. The van der Waals surface area contributed by atoms with Crippen LogP contribution in [0.15, 0.2) is 0 Å². The van der Waals surface area contributed by atoms with Crippen molar-refractivity contribution in [3.8, 4) is 0 Å². The van der Waals surface area contributed by atoms with Gasteiger partial charge in [0.15, 0.2) is 0 Å². The fraction of sp³-hybridized carbons (Fsp3) is 0.923. The molecule has 17 heavy (non-hydrogen) atoms. The first-order valence-electron chi connectivity index (χ1n) is 6.64. The van der Waals surface area contributed by atoms with Crippen LogP contribution in [0.1, 0.15) is 46.5 Å². The zero-order chi connectivity index (χ0) is 12.5. The van der Waals surface area contributed by atoms with E-state index in [0.29, 0.717) is 22.7 Å². The van der Waals surface area contributed by atoms with Crippen LogP contribution in [-0.4, -0.2) is 29.1 Å². The first-order chi connectivity index (χ1) is 7.96. The van der Waals surface area contributed by atoms with Gasteiger partial charge in [0.2, 0.25) is 0 Å². The lowest BCUT2D eigenvalue weighted by molar-refractivity contribution is 0.247. The Morgan fingerprint density at radius 3 is 2.76 bits per heavy atom. The largest absolute Gasteiger partial charge is 0.332 e. The molecule has 2 aliphatic heterocycles. The summed E-state index contributed by atoms with van der Waals surface area (Å²) in [7, 11) is 0. The van der Waals surface area contributed by atoms with Crippen molar-refractivity contribution < 1.29 is 4.79 Å². The number of carbonyl (C=O) groups is 1. The van der Waals surface area contributed by atoms with Crippen LogP contribution in [0, 0.1) is 5.41 Å². The van der Waals surface area contributed by atoms with Gasteiger partial charge < -0.3 is 10.6 Å². The summed E-state index contributed by atoms with van der Waals surface area (Å²) in [6, 6.07) is 0.780. The molecule has 4 heteroatoms. The van der Waals surface area contributed by atoms with Gasteiger partial charge in [-0.2, -0.15) is 11.8 Å². The number of amides is 2. The zero-order valence-corrected chi connectivity index (χ0v) is 11.9. The molecule has 98 valence electrons. The van der Waals surface area contributed by atoms with Gasteiger partial charge in [-0.25, -0.2) is 4.79 Å². The third-order valence-electron chi connectivity index (χ3n) is 3.60. The predicted molar refractivity (Wildman–Crippen MR) is 73.4 cm³/mol. The van der Waals surface area contributed by atoms with Crippen LogP contribution in [0.3, 0.4) is 0 Å². The van der Waals surface area contributed by atoms with E-state index < -0.39 is 0 Å². The Balaban J connectivity index is 1.68. The van der Waals surface area contributed by atoms with Crippen LogP contribution in [-0.2, 0) is 0 Å². The molecule has 0 saturated carbocycles. The molecule has 3 atom stereocenters. The molecule has 2 fully saturated rings. The molecule has 0 aromatic heterocycles. The van der Waals surface area contributed by atoms with Crippen molar-refractivity contribution in [1.29, 1.82) is 0 Å².